The number of carbonyl (C=O) groups excluding carboxylic acids is 1. The maximum absolute atomic E-state index is 13.7. The number of ether oxygens (including phenoxy) is 2. The molecule has 39 heavy (non-hydrogen) atoms. The number of likely N-dealkylation sites (N-methyl/N-ethyl adjacent to an activating group) is 1. The summed E-state index contributed by atoms with van der Waals surface area (Å²) in [4.78, 5) is 21.5. The Bertz CT molecular complexity index is 1520. The van der Waals surface area contributed by atoms with Crippen LogP contribution in [0.15, 0.2) is 72.8 Å². The Morgan fingerprint density at radius 1 is 1.13 bits per heavy atom. The van der Waals surface area contributed by atoms with Gasteiger partial charge in [-0.05, 0) is 86.1 Å². The van der Waals surface area contributed by atoms with E-state index in [4.69, 9.17) is 9.47 Å². The first-order chi connectivity index (χ1) is 19.0. The number of nitrogens with zero attached hydrogens (tertiary/aromatic N) is 2. The molecule has 0 saturated carbocycles. The molecule has 1 unspecified atom stereocenters. The minimum absolute atomic E-state index is 0.000913. The van der Waals surface area contributed by atoms with E-state index < -0.39 is 0 Å². The average molecular weight is 522 g/mol. The lowest BCUT2D eigenvalue weighted by atomic mass is 9.91. The van der Waals surface area contributed by atoms with Gasteiger partial charge in [0.1, 0.15) is 17.6 Å². The van der Waals surface area contributed by atoms with Gasteiger partial charge in [-0.15, -0.1) is 0 Å². The molecule has 2 aliphatic heterocycles. The van der Waals surface area contributed by atoms with E-state index in [1.54, 1.807) is 6.08 Å². The molecule has 0 spiro atoms. The highest BCUT2D eigenvalue weighted by atomic mass is 16.5. The van der Waals surface area contributed by atoms with Gasteiger partial charge in [-0.25, -0.2) is 0 Å². The zero-order valence-corrected chi connectivity index (χ0v) is 22.8. The minimum atomic E-state index is -0.182. The number of carbonyl (C=O) groups is 1. The van der Waals surface area contributed by atoms with Crippen molar-refractivity contribution in [3.63, 3.8) is 0 Å². The van der Waals surface area contributed by atoms with Crippen molar-refractivity contribution in [3.05, 3.63) is 101 Å². The van der Waals surface area contributed by atoms with Gasteiger partial charge in [0.05, 0.1) is 12.6 Å². The standard InChI is InChI=1S/C33H35N3O3/c1-22(21-35(2)3)39-26-12-8-23(9-13-26)10-15-31(37)36-18-16-28-27-6-4-5-7-29(27)34-32(28)33(36)25-11-14-30-24(20-25)17-19-38-30/h4-15,20,22,33-34H,16-19,21H2,1-3H3/t22-,33?/m1/s1. The predicted octanol–water partition coefficient (Wildman–Crippen LogP) is 5.62. The number of H-pyrrole nitrogens is 1. The molecule has 6 rings (SSSR count). The molecule has 1 N–H and O–H groups in total. The Balaban J connectivity index is 1.27. The summed E-state index contributed by atoms with van der Waals surface area (Å²) < 4.78 is 11.8. The van der Waals surface area contributed by atoms with Crippen LogP contribution in [-0.4, -0.2) is 60.6 Å². The summed E-state index contributed by atoms with van der Waals surface area (Å²) in [6.07, 6.45) is 5.41. The van der Waals surface area contributed by atoms with Crippen LogP contribution in [0.25, 0.3) is 17.0 Å². The smallest absolute Gasteiger partial charge is 0.247 e. The summed E-state index contributed by atoms with van der Waals surface area (Å²) in [6, 6.07) is 22.5. The van der Waals surface area contributed by atoms with E-state index in [0.717, 1.165) is 53.2 Å². The molecule has 0 aliphatic carbocycles. The van der Waals surface area contributed by atoms with E-state index in [1.165, 1.54) is 16.5 Å². The van der Waals surface area contributed by atoms with E-state index in [0.29, 0.717) is 13.2 Å². The lowest BCUT2D eigenvalue weighted by Crippen LogP contribution is -2.39. The summed E-state index contributed by atoms with van der Waals surface area (Å²) in [6.45, 7) is 4.29. The van der Waals surface area contributed by atoms with Crippen molar-refractivity contribution < 1.29 is 14.3 Å². The molecular weight excluding hydrogens is 486 g/mol. The molecule has 4 aromatic rings. The van der Waals surface area contributed by atoms with Gasteiger partial charge in [0.15, 0.2) is 0 Å². The van der Waals surface area contributed by atoms with Gasteiger partial charge in [-0.2, -0.15) is 0 Å². The molecular formula is C33H35N3O3. The third-order valence-corrected chi connectivity index (χ3v) is 7.60. The van der Waals surface area contributed by atoms with Crippen molar-refractivity contribution >= 4 is 22.9 Å². The van der Waals surface area contributed by atoms with Crippen molar-refractivity contribution in [3.8, 4) is 11.5 Å². The second-order valence-corrected chi connectivity index (χ2v) is 10.8. The van der Waals surface area contributed by atoms with E-state index in [9.17, 15) is 4.79 Å². The number of aromatic amines is 1. The number of nitrogens with one attached hydrogen (secondary N) is 1. The first-order valence-electron chi connectivity index (χ1n) is 13.7. The molecule has 1 amide bonds. The Morgan fingerprint density at radius 3 is 2.77 bits per heavy atom. The fourth-order valence-electron chi connectivity index (χ4n) is 5.91. The maximum Gasteiger partial charge on any atom is 0.247 e. The molecule has 0 saturated heterocycles. The van der Waals surface area contributed by atoms with Crippen LogP contribution < -0.4 is 9.47 Å². The number of rotatable bonds is 7. The molecule has 6 nitrogen and oxygen atoms in total. The molecule has 3 heterocycles. The number of hydrogen-bond acceptors (Lipinski definition) is 4. The quantitative estimate of drug-likeness (QED) is 0.321. The Hall–Kier alpha value is -4.03. The number of fused-ring (bicyclic) bond motifs is 4. The summed E-state index contributed by atoms with van der Waals surface area (Å²) >= 11 is 0. The first kappa shape index (κ1) is 25.3. The van der Waals surface area contributed by atoms with Gasteiger partial charge in [0.25, 0.3) is 0 Å². The molecule has 2 aliphatic rings. The molecule has 0 fully saturated rings. The summed E-state index contributed by atoms with van der Waals surface area (Å²) in [5.74, 6) is 1.78. The number of hydrogen-bond donors (Lipinski definition) is 1. The normalized spacial score (nSPS) is 17.3. The fraction of sp³-hybridized carbons (Fsp3) is 0.303. The van der Waals surface area contributed by atoms with Crippen molar-refractivity contribution in [2.45, 2.75) is 31.9 Å². The third kappa shape index (κ3) is 5.17. The lowest BCUT2D eigenvalue weighted by Gasteiger charge is -2.36. The summed E-state index contributed by atoms with van der Waals surface area (Å²) in [5, 5.41) is 1.24. The Labute approximate surface area is 229 Å². The fourth-order valence-corrected chi connectivity index (χ4v) is 5.91. The molecule has 200 valence electrons. The van der Waals surface area contributed by atoms with Crippen LogP contribution in [0, 0.1) is 0 Å². The lowest BCUT2D eigenvalue weighted by molar-refractivity contribution is -0.128. The van der Waals surface area contributed by atoms with Crippen LogP contribution in [-0.2, 0) is 17.6 Å². The van der Waals surface area contributed by atoms with Crippen LogP contribution >= 0.6 is 0 Å². The van der Waals surface area contributed by atoms with Crippen molar-refractivity contribution in [1.29, 1.82) is 0 Å². The molecule has 3 aromatic carbocycles. The predicted molar refractivity (Wildman–Crippen MR) is 155 cm³/mol. The van der Waals surface area contributed by atoms with Crippen LogP contribution in [0.4, 0.5) is 0 Å². The second-order valence-electron chi connectivity index (χ2n) is 10.8. The van der Waals surface area contributed by atoms with E-state index in [1.807, 2.05) is 49.3 Å². The number of aromatic nitrogens is 1. The van der Waals surface area contributed by atoms with Gasteiger partial charge in [0, 0.05) is 42.2 Å². The van der Waals surface area contributed by atoms with Crippen LogP contribution in [0.3, 0.4) is 0 Å². The molecule has 1 aromatic heterocycles. The Morgan fingerprint density at radius 2 is 1.95 bits per heavy atom. The van der Waals surface area contributed by atoms with Gasteiger partial charge in [-0.1, -0.05) is 36.4 Å². The zero-order valence-electron chi connectivity index (χ0n) is 22.8. The van der Waals surface area contributed by atoms with Crippen molar-refractivity contribution in [2.24, 2.45) is 0 Å². The number of benzene rings is 3. The number of amides is 1. The van der Waals surface area contributed by atoms with E-state index >= 15 is 0 Å². The number of para-hydroxylation sites is 1. The average Bonchev–Trinajstić information content (AvgIpc) is 3.55. The molecule has 0 bridgehead atoms. The van der Waals surface area contributed by atoms with Gasteiger partial charge in [0.2, 0.25) is 5.91 Å². The second kappa shape index (κ2) is 10.6. The third-order valence-electron chi connectivity index (χ3n) is 7.60. The largest absolute Gasteiger partial charge is 0.493 e. The molecule has 2 atom stereocenters. The zero-order chi connectivity index (χ0) is 26.9. The van der Waals surface area contributed by atoms with E-state index in [2.05, 4.69) is 59.3 Å². The highest BCUT2D eigenvalue weighted by Gasteiger charge is 2.34. The van der Waals surface area contributed by atoms with Crippen molar-refractivity contribution in [1.82, 2.24) is 14.8 Å². The van der Waals surface area contributed by atoms with Gasteiger partial charge >= 0.3 is 0 Å². The highest BCUT2D eigenvalue weighted by molar-refractivity contribution is 5.93. The Kier molecular flexibility index (Phi) is 6.88. The minimum Gasteiger partial charge on any atom is -0.493 e. The van der Waals surface area contributed by atoms with Crippen molar-refractivity contribution in [2.75, 3.05) is 33.8 Å². The van der Waals surface area contributed by atoms with Crippen LogP contribution in [0.1, 0.15) is 40.9 Å². The molecule has 0 radical (unpaired) electrons. The SMILES string of the molecule is C[C@H](CN(C)C)Oc1ccc(C=CC(=O)N2CCc3c([nH]c4ccccc34)C2c2ccc3c(c2)CCO3)cc1. The monoisotopic (exact) mass is 521 g/mol. The topological polar surface area (TPSA) is 57.8 Å². The van der Waals surface area contributed by atoms with Gasteiger partial charge < -0.3 is 24.3 Å². The van der Waals surface area contributed by atoms with Crippen LogP contribution in [0.2, 0.25) is 0 Å². The summed E-state index contributed by atoms with van der Waals surface area (Å²) in [5.41, 5.74) is 6.81. The summed E-state index contributed by atoms with van der Waals surface area (Å²) in [7, 11) is 4.07. The van der Waals surface area contributed by atoms with Gasteiger partial charge in [-0.3, -0.25) is 4.79 Å². The maximum atomic E-state index is 13.7. The molecule has 6 heteroatoms. The van der Waals surface area contributed by atoms with Crippen LogP contribution in [0.5, 0.6) is 11.5 Å². The van der Waals surface area contributed by atoms with E-state index in [-0.39, 0.29) is 18.1 Å². The highest BCUT2D eigenvalue weighted by Crippen LogP contribution is 2.40. The first-order valence-corrected chi connectivity index (χ1v) is 13.7.